The lowest BCUT2D eigenvalue weighted by Crippen LogP contribution is -2.11. The third-order valence-electron chi connectivity index (χ3n) is 2.41. The highest BCUT2D eigenvalue weighted by molar-refractivity contribution is 7.17. The molecule has 2 rings (SSSR count). The number of thiazole rings is 1. The molecule has 0 spiro atoms. The number of nitrogens with two attached hydrogens (primary N) is 1. The predicted molar refractivity (Wildman–Crippen MR) is 71.8 cm³/mol. The lowest BCUT2D eigenvalue weighted by atomic mass is 10.2. The molecule has 0 fully saturated rings. The average molecular weight is 265 g/mol. The van der Waals surface area contributed by atoms with Gasteiger partial charge in [0, 0.05) is 11.8 Å². The molecule has 0 radical (unpaired) electrons. The van der Waals surface area contributed by atoms with Crippen LogP contribution in [0.1, 0.15) is 34.4 Å². The van der Waals surface area contributed by atoms with Crippen molar-refractivity contribution in [2.45, 2.75) is 26.7 Å². The molecule has 6 nitrogen and oxygen atoms in total. The first-order chi connectivity index (χ1) is 8.60. The van der Waals surface area contributed by atoms with Gasteiger partial charge in [0.05, 0.1) is 5.69 Å². The summed E-state index contributed by atoms with van der Waals surface area (Å²) in [6.07, 6.45) is 1.94. The van der Waals surface area contributed by atoms with E-state index in [-0.39, 0.29) is 5.91 Å². The molecule has 0 bridgehead atoms. The molecule has 2 heterocycles. The number of rotatable bonds is 4. The fourth-order valence-electron chi connectivity index (χ4n) is 1.62. The van der Waals surface area contributed by atoms with Crippen molar-refractivity contribution in [1.82, 2.24) is 15.2 Å². The van der Waals surface area contributed by atoms with Crippen molar-refractivity contribution >= 4 is 28.2 Å². The van der Waals surface area contributed by atoms with Gasteiger partial charge in [0.25, 0.3) is 5.91 Å². The number of nitrogens with one attached hydrogen (secondary N) is 2. The van der Waals surface area contributed by atoms with Crippen LogP contribution in [0.15, 0.2) is 6.07 Å². The molecule has 1 amide bonds. The monoisotopic (exact) mass is 265 g/mol. The Morgan fingerprint density at radius 2 is 2.39 bits per heavy atom. The number of amides is 1. The average Bonchev–Trinajstić information content (AvgIpc) is 2.86. The fourth-order valence-corrected chi connectivity index (χ4v) is 2.35. The summed E-state index contributed by atoms with van der Waals surface area (Å²) in [5.74, 6) is 0.297. The minimum atomic E-state index is -0.226. The summed E-state index contributed by atoms with van der Waals surface area (Å²) in [7, 11) is 0. The maximum Gasteiger partial charge on any atom is 0.268 e. The maximum atomic E-state index is 12.0. The predicted octanol–water partition coefficient (Wildman–Crippen LogP) is 1.96. The van der Waals surface area contributed by atoms with E-state index in [0.717, 1.165) is 18.5 Å². The van der Waals surface area contributed by atoms with Crippen LogP contribution in [-0.4, -0.2) is 21.1 Å². The Labute approximate surface area is 109 Å². The van der Waals surface area contributed by atoms with Crippen molar-refractivity contribution in [3.8, 4) is 0 Å². The van der Waals surface area contributed by atoms with Gasteiger partial charge in [-0.3, -0.25) is 9.89 Å². The zero-order chi connectivity index (χ0) is 13.1. The smallest absolute Gasteiger partial charge is 0.268 e. The Morgan fingerprint density at radius 1 is 1.61 bits per heavy atom. The molecule has 7 heteroatoms. The summed E-state index contributed by atoms with van der Waals surface area (Å²) < 4.78 is 0. The fraction of sp³-hybridized carbons (Fsp3) is 0.364. The first-order valence-electron chi connectivity index (χ1n) is 5.68. The molecule has 96 valence electrons. The van der Waals surface area contributed by atoms with E-state index in [1.165, 1.54) is 11.3 Å². The highest BCUT2D eigenvalue weighted by Gasteiger charge is 2.15. The molecule has 2 aromatic rings. The van der Waals surface area contributed by atoms with E-state index in [1.54, 1.807) is 6.92 Å². The van der Waals surface area contributed by atoms with E-state index in [4.69, 9.17) is 5.73 Å². The number of carbonyl (C=O) groups is 1. The first kappa shape index (κ1) is 12.6. The number of aromatic amines is 1. The van der Waals surface area contributed by atoms with Crippen LogP contribution in [0.2, 0.25) is 0 Å². The Balaban J connectivity index is 2.08. The van der Waals surface area contributed by atoms with Crippen molar-refractivity contribution < 1.29 is 4.79 Å². The minimum absolute atomic E-state index is 0.226. The van der Waals surface area contributed by atoms with Crippen LogP contribution >= 0.6 is 11.3 Å². The molecule has 0 aliphatic rings. The third kappa shape index (κ3) is 2.67. The molecule has 0 aliphatic carbocycles. The van der Waals surface area contributed by atoms with Crippen molar-refractivity contribution in [3.05, 3.63) is 22.3 Å². The third-order valence-corrected chi connectivity index (χ3v) is 3.40. The number of H-pyrrole nitrogens is 1. The number of aryl methyl sites for hydroxylation is 2. The summed E-state index contributed by atoms with van der Waals surface area (Å²) in [4.78, 5) is 16.5. The molecule has 2 aromatic heterocycles. The van der Waals surface area contributed by atoms with Crippen LogP contribution in [-0.2, 0) is 6.42 Å². The normalized spacial score (nSPS) is 10.6. The molecular formula is C11H15N5OS. The number of nitrogen functional groups attached to an aromatic ring is 1. The van der Waals surface area contributed by atoms with Gasteiger partial charge >= 0.3 is 0 Å². The lowest BCUT2D eigenvalue weighted by molar-refractivity contribution is 0.102. The quantitative estimate of drug-likeness (QED) is 0.787. The number of nitrogens with zero attached hydrogens (tertiary/aromatic N) is 2. The molecular weight excluding hydrogens is 250 g/mol. The second kappa shape index (κ2) is 5.18. The van der Waals surface area contributed by atoms with E-state index < -0.39 is 0 Å². The molecule has 0 saturated carbocycles. The summed E-state index contributed by atoms with van der Waals surface area (Å²) in [5, 5.41) is 10.0. The van der Waals surface area contributed by atoms with Gasteiger partial charge in [-0.25, -0.2) is 4.98 Å². The first-order valence-corrected chi connectivity index (χ1v) is 6.50. The summed E-state index contributed by atoms with van der Waals surface area (Å²) in [5.41, 5.74) is 7.21. The highest BCUT2D eigenvalue weighted by Crippen LogP contribution is 2.20. The van der Waals surface area contributed by atoms with Gasteiger partial charge < -0.3 is 11.1 Å². The maximum absolute atomic E-state index is 12.0. The summed E-state index contributed by atoms with van der Waals surface area (Å²) in [6, 6.07) is 1.83. The number of anilines is 2. The topological polar surface area (TPSA) is 96.7 Å². The van der Waals surface area contributed by atoms with Crippen molar-refractivity contribution in [1.29, 1.82) is 0 Å². The Kier molecular flexibility index (Phi) is 3.61. The second-order valence-electron chi connectivity index (χ2n) is 3.95. The van der Waals surface area contributed by atoms with Crippen LogP contribution in [0.3, 0.4) is 0 Å². The summed E-state index contributed by atoms with van der Waals surface area (Å²) >= 11 is 1.18. The van der Waals surface area contributed by atoms with Gasteiger partial charge in [0.15, 0.2) is 10.9 Å². The molecule has 4 N–H and O–H groups in total. The van der Waals surface area contributed by atoms with E-state index >= 15 is 0 Å². The van der Waals surface area contributed by atoms with Gasteiger partial charge in [-0.2, -0.15) is 5.10 Å². The SMILES string of the molecule is CCCc1cc(NC(=O)c2sc(N)nc2C)n[nH]1. The van der Waals surface area contributed by atoms with E-state index in [0.29, 0.717) is 21.5 Å². The van der Waals surface area contributed by atoms with Crippen molar-refractivity contribution in [2.24, 2.45) is 0 Å². The Bertz CT molecular complexity index is 560. The molecule has 0 aliphatic heterocycles. The number of hydrogen-bond donors (Lipinski definition) is 3. The zero-order valence-corrected chi connectivity index (χ0v) is 11.1. The molecule has 0 unspecified atom stereocenters. The number of hydrogen-bond acceptors (Lipinski definition) is 5. The largest absolute Gasteiger partial charge is 0.375 e. The zero-order valence-electron chi connectivity index (χ0n) is 10.3. The molecule has 0 aromatic carbocycles. The molecule has 0 saturated heterocycles. The van der Waals surface area contributed by atoms with Gasteiger partial charge in [-0.15, -0.1) is 0 Å². The van der Waals surface area contributed by atoms with E-state index in [2.05, 4.69) is 27.4 Å². The summed E-state index contributed by atoms with van der Waals surface area (Å²) in [6.45, 7) is 3.84. The van der Waals surface area contributed by atoms with Crippen molar-refractivity contribution in [2.75, 3.05) is 11.1 Å². The van der Waals surface area contributed by atoms with Crippen LogP contribution in [0.4, 0.5) is 10.9 Å². The van der Waals surface area contributed by atoms with Crippen LogP contribution in [0, 0.1) is 6.92 Å². The van der Waals surface area contributed by atoms with Gasteiger partial charge in [0.2, 0.25) is 0 Å². The van der Waals surface area contributed by atoms with E-state index in [9.17, 15) is 4.79 Å². The van der Waals surface area contributed by atoms with Crippen molar-refractivity contribution in [3.63, 3.8) is 0 Å². The molecule has 18 heavy (non-hydrogen) atoms. The number of carbonyl (C=O) groups excluding carboxylic acids is 1. The van der Waals surface area contributed by atoms with E-state index in [1.807, 2.05) is 6.07 Å². The Hall–Kier alpha value is -1.89. The van der Waals surface area contributed by atoms with Gasteiger partial charge in [-0.05, 0) is 13.3 Å². The standard InChI is InChI=1S/C11H15N5OS/c1-3-4-7-5-8(16-15-7)14-10(17)9-6(2)13-11(12)18-9/h5H,3-4H2,1-2H3,(H2,12,13)(H2,14,15,16,17). The highest BCUT2D eigenvalue weighted by atomic mass is 32.1. The van der Waals surface area contributed by atoms with Gasteiger partial charge in [0.1, 0.15) is 4.88 Å². The lowest BCUT2D eigenvalue weighted by Gasteiger charge is -1.98. The van der Waals surface area contributed by atoms with Crippen LogP contribution in [0.5, 0.6) is 0 Å². The number of aromatic nitrogens is 3. The second-order valence-corrected chi connectivity index (χ2v) is 4.98. The Morgan fingerprint density at radius 3 is 3.00 bits per heavy atom. The minimum Gasteiger partial charge on any atom is -0.375 e. The van der Waals surface area contributed by atoms with Crippen LogP contribution in [0.25, 0.3) is 0 Å². The molecule has 0 atom stereocenters. The van der Waals surface area contributed by atoms with Crippen LogP contribution < -0.4 is 11.1 Å². The van der Waals surface area contributed by atoms with Gasteiger partial charge in [-0.1, -0.05) is 24.7 Å².